The second kappa shape index (κ2) is 4.87. The Bertz CT molecular complexity index is 474. The molecule has 19 heavy (non-hydrogen) atoms. The van der Waals surface area contributed by atoms with E-state index in [1.54, 1.807) is 6.20 Å². The summed E-state index contributed by atoms with van der Waals surface area (Å²) in [4.78, 5) is 11.9. The fourth-order valence-corrected chi connectivity index (χ4v) is 2.55. The molecule has 5 nitrogen and oxygen atoms in total. The molecule has 1 aliphatic heterocycles. The molecular formula is C14H23N3O2. The first-order valence-electron chi connectivity index (χ1n) is 6.85. The zero-order valence-corrected chi connectivity index (χ0v) is 12.4. The van der Waals surface area contributed by atoms with Gasteiger partial charge in [-0.05, 0) is 25.7 Å². The largest absolute Gasteiger partial charge is 0.462 e. The van der Waals surface area contributed by atoms with Crippen LogP contribution in [-0.2, 0) is 4.74 Å². The van der Waals surface area contributed by atoms with Gasteiger partial charge in [-0.15, -0.1) is 0 Å². The normalized spacial score (nSPS) is 22.6. The molecule has 0 fully saturated rings. The molecule has 0 spiro atoms. The third kappa shape index (κ3) is 2.60. The van der Waals surface area contributed by atoms with Crippen molar-refractivity contribution in [3.63, 3.8) is 0 Å². The second-order valence-electron chi connectivity index (χ2n) is 6.23. The van der Waals surface area contributed by atoms with Crippen molar-refractivity contribution in [3.05, 3.63) is 11.8 Å². The molecule has 0 radical (unpaired) electrons. The van der Waals surface area contributed by atoms with Gasteiger partial charge in [-0.25, -0.2) is 9.48 Å². The number of aromatic nitrogens is 2. The van der Waals surface area contributed by atoms with Gasteiger partial charge in [0.25, 0.3) is 0 Å². The van der Waals surface area contributed by atoms with Crippen molar-refractivity contribution in [2.45, 2.75) is 53.1 Å². The number of fused-ring (bicyclic) bond motifs is 1. The standard InChI is InChI=1S/C14H23N3O2/c1-6-19-13(18)10-8-15-17-11(14(3,4)5)7-9(2)16-12(10)17/h8-9,11,16H,6-7H2,1-5H3. The molecule has 0 amide bonds. The first kappa shape index (κ1) is 13.9. The van der Waals surface area contributed by atoms with Crippen LogP contribution in [-0.4, -0.2) is 28.4 Å². The molecule has 2 unspecified atom stereocenters. The van der Waals surface area contributed by atoms with Gasteiger partial charge in [-0.2, -0.15) is 5.10 Å². The number of carbonyl (C=O) groups excluding carboxylic acids is 1. The number of hydrogen-bond donors (Lipinski definition) is 1. The van der Waals surface area contributed by atoms with E-state index in [0.717, 1.165) is 12.2 Å². The molecule has 0 aliphatic carbocycles. The van der Waals surface area contributed by atoms with E-state index in [2.05, 4.69) is 38.1 Å². The molecule has 1 aromatic heterocycles. The van der Waals surface area contributed by atoms with Crippen molar-refractivity contribution in [1.29, 1.82) is 0 Å². The van der Waals surface area contributed by atoms with Gasteiger partial charge in [0, 0.05) is 6.04 Å². The zero-order chi connectivity index (χ0) is 14.2. The number of esters is 1. The van der Waals surface area contributed by atoms with Gasteiger partial charge in [0.05, 0.1) is 18.8 Å². The fraction of sp³-hybridized carbons (Fsp3) is 0.714. The maximum Gasteiger partial charge on any atom is 0.343 e. The molecule has 2 atom stereocenters. The van der Waals surface area contributed by atoms with Gasteiger partial charge < -0.3 is 10.1 Å². The van der Waals surface area contributed by atoms with Crippen LogP contribution in [0.25, 0.3) is 0 Å². The lowest BCUT2D eigenvalue weighted by Gasteiger charge is -2.38. The molecule has 0 saturated carbocycles. The van der Waals surface area contributed by atoms with Crippen LogP contribution in [0.3, 0.4) is 0 Å². The maximum atomic E-state index is 11.9. The van der Waals surface area contributed by atoms with Crippen LogP contribution in [0.2, 0.25) is 0 Å². The molecule has 5 heteroatoms. The average molecular weight is 265 g/mol. The molecule has 1 N–H and O–H groups in total. The lowest BCUT2D eigenvalue weighted by Crippen LogP contribution is -2.37. The molecule has 1 aliphatic rings. The zero-order valence-electron chi connectivity index (χ0n) is 12.4. The fourth-order valence-electron chi connectivity index (χ4n) is 2.55. The van der Waals surface area contributed by atoms with Gasteiger partial charge in [0.2, 0.25) is 0 Å². The topological polar surface area (TPSA) is 56.1 Å². The van der Waals surface area contributed by atoms with E-state index < -0.39 is 0 Å². The number of nitrogens with zero attached hydrogens (tertiary/aromatic N) is 2. The molecule has 106 valence electrons. The number of ether oxygens (including phenoxy) is 1. The van der Waals surface area contributed by atoms with E-state index in [1.165, 1.54) is 0 Å². The first-order valence-corrected chi connectivity index (χ1v) is 6.85. The van der Waals surface area contributed by atoms with Gasteiger partial charge in [-0.1, -0.05) is 20.8 Å². The summed E-state index contributed by atoms with van der Waals surface area (Å²) in [6, 6.07) is 0.600. The quantitative estimate of drug-likeness (QED) is 0.835. The summed E-state index contributed by atoms with van der Waals surface area (Å²) in [6.07, 6.45) is 2.61. The third-order valence-corrected chi connectivity index (χ3v) is 3.55. The molecule has 2 heterocycles. The van der Waals surface area contributed by atoms with Crippen LogP contribution in [0.4, 0.5) is 5.82 Å². The van der Waals surface area contributed by atoms with Gasteiger partial charge in [-0.3, -0.25) is 0 Å². The summed E-state index contributed by atoms with van der Waals surface area (Å²) in [6.45, 7) is 10.9. The predicted octanol–water partition coefficient (Wildman–Crippen LogP) is 2.85. The average Bonchev–Trinajstić information content (AvgIpc) is 2.70. The van der Waals surface area contributed by atoms with E-state index in [4.69, 9.17) is 4.74 Å². The number of nitrogens with one attached hydrogen (secondary N) is 1. The Morgan fingerprint density at radius 2 is 2.26 bits per heavy atom. The Labute approximate surface area is 114 Å². The van der Waals surface area contributed by atoms with Gasteiger partial charge in [0.1, 0.15) is 11.4 Å². The van der Waals surface area contributed by atoms with Crippen molar-refractivity contribution in [2.75, 3.05) is 11.9 Å². The summed E-state index contributed by atoms with van der Waals surface area (Å²) in [5, 5.41) is 7.75. The number of hydrogen-bond acceptors (Lipinski definition) is 4. The van der Waals surface area contributed by atoms with E-state index in [1.807, 2.05) is 11.6 Å². The van der Waals surface area contributed by atoms with Crippen molar-refractivity contribution in [2.24, 2.45) is 5.41 Å². The van der Waals surface area contributed by atoms with Crippen LogP contribution in [0.5, 0.6) is 0 Å². The predicted molar refractivity (Wildman–Crippen MR) is 74.4 cm³/mol. The Morgan fingerprint density at radius 1 is 1.58 bits per heavy atom. The van der Waals surface area contributed by atoms with Crippen molar-refractivity contribution in [1.82, 2.24) is 9.78 Å². The van der Waals surface area contributed by atoms with Crippen LogP contribution >= 0.6 is 0 Å². The third-order valence-electron chi connectivity index (χ3n) is 3.55. The minimum absolute atomic E-state index is 0.100. The van der Waals surface area contributed by atoms with Crippen LogP contribution in [0, 0.1) is 5.41 Å². The Hall–Kier alpha value is -1.52. The monoisotopic (exact) mass is 265 g/mol. The number of rotatable bonds is 2. The van der Waals surface area contributed by atoms with Crippen molar-refractivity contribution < 1.29 is 9.53 Å². The SMILES string of the molecule is CCOC(=O)c1cnn2c1NC(C)CC2C(C)(C)C. The van der Waals surface area contributed by atoms with E-state index in [0.29, 0.717) is 18.2 Å². The highest BCUT2D eigenvalue weighted by Gasteiger charge is 2.36. The summed E-state index contributed by atoms with van der Waals surface area (Å²) in [5.74, 6) is 0.482. The lowest BCUT2D eigenvalue weighted by atomic mass is 9.82. The summed E-state index contributed by atoms with van der Waals surface area (Å²) in [7, 11) is 0. The number of anilines is 1. The molecular weight excluding hydrogens is 242 g/mol. The highest BCUT2D eigenvalue weighted by molar-refractivity contribution is 5.94. The molecule has 0 saturated heterocycles. The minimum Gasteiger partial charge on any atom is -0.462 e. The Balaban J connectivity index is 2.40. The summed E-state index contributed by atoms with van der Waals surface area (Å²) < 4.78 is 7.01. The highest BCUT2D eigenvalue weighted by Crippen LogP contribution is 2.40. The molecule has 0 bridgehead atoms. The van der Waals surface area contributed by atoms with Gasteiger partial charge in [0.15, 0.2) is 0 Å². The molecule has 2 rings (SSSR count). The highest BCUT2D eigenvalue weighted by atomic mass is 16.5. The molecule has 1 aromatic rings. The Morgan fingerprint density at radius 3 is 2.84 bits per heavy atom. The van der Waals surface area contributed by atoms with Crippen molar-refractivity contribution >= 4 is 11.8 Å². The summed E-state index contributed by atoms with van der Waals surface area (Å²) in [5.41, 5.74) is 0.630. The summed E-state index contributed by atoms with van der Waals surface area (Å²) >= 11 is 0. The van der Waals surface area contributed by atoms with E-state index in [9.17, 15) is 4.79 Å². The van der Waals surface area contributed by atoms with Crippen LogP contribution < -0.4 is 5.32 Å². The first-order chi connectivity index (χ1) is 8.84. The second-order valence-corrected chi connectivity index (χ2v) is 6.23. The van der Waals surface area contributed by atoms with Gasteiger partial charge >= 0.3 is 5.97 Å². The lowest BCUT2D eigenvalue weighted by molar-refractivity contribution is 0.0527. The number of carbonyl (C=O) groups is 1. The maximum absolute atomic E-state index is 11.9. The van der Waals surface area contributed by atoms with E-state index in [-0.39, 0.29) is 17.4 Å². The van der Waals surface area contributed by atoms with Crippen LogP contribution in [0.1, 0.15) is 57.4 Å². The smallest absolute Gasteiger partial charge is 0.343 e. The van der Waals surface area contributed by atoms with E-state index >= 15 is 0 Å². The van der Waals surface area contributed by atoms with Crippen LogP contribution in [0.15, 0.2) is 6.20 Å². The Kier molecular flexibility index (Phi) is 3.56. The van der Waals surface area contributed by atoms with Crippen molar-refractivity contribution in [3.8, 4) is 0 Å². The molecule has 0 aromatic carbocycles. The minimum atomic E-state index is -0.307.